The van der Waals surface area contributed by atoms with Crippen molar-refractivity contribution in [3.8, 4) is 17.2 Å². The number of benzene rings is 2. The molecule has 10 heteroatoms. The number of guanidine groups is 1. The highest BCUT2D eigenvalue weighted by atomic mass is 35.5. The summed E-state index contributed by atoms with van der Waals surface area (Å²) in [6, 6.07) is 8.53. The van der Waals surface area contributed by atoms with Gasteiger partial charge in [0.25, 0.3) is 0 Å². The number of halogens is 4. The van der Waals surface area contributed by atoms with Crippen LogP contribution in [0.1, 0.15) is 12.5 Å². The van der Waals surface area contributed by atoms with E-state index < -0.39 is 6.36 Å². The number of hydrogen-bond acceptors (Lipinski definition) is 4. The molecule has 0 heterocycles. The highest BCUT2D eigenvalue weighted by Crippen LogP contribution is 2.36. The Bertz CT molecular complexity index is 827. The number of alkyl halides is 3. The van der Waals surface area contributed by atoms with E-state index in [1.807, 2.05) is 6.92 Å². The average molecular weight is 418 g/mol. The first-order valence-electron chi connectivity index (χ1n) is 8.13. The number of methoxy groups -OCH3 is 1. The second-order valence-electron chi connectivity index (χ2n) is 5.44. The molecular weight excluding hydrogens is 399 g/mol. The molecule has 0 aliphatic rings. The molecule has 3 N–H and O–H groups in total. The molecule has 0 unspecified atom stereocenters. The summed E-state index contributed by atoms with van der Waals surface area (Å²) in [4.78, 5) is 4.18. The van der Waals surface area contributed by atoms with Gasteiger partial charge in [0, 0.05) is 5.69 Å². The van der Waals surface area contributed by atoms with Crippen molar-refractivity contribution in [2.45, 2.75) is 19.8 Å². The Labute approximate surface area is 165 Å². The molecule has 2 aromatic carbocycles. The largest absolute Gasteiger partial charge is 0.573 e. The van der Waals surface area contributed by atoms with E-state index in [0.717, 1.165) is 5.56 Å². The van der Waals surface area contributed by atoms with Gasteiger partial charge in [0.2, 0.25) is 0 Å². The summed E-state index contributed by atoms with van der Waals surface area (Å²) in [5.74, 6) is 0.677. The summed E-state index contributed by atoms with van der Waals surface area (Å²) in [7, 11) is 1.50. The molecule has 0 radical (unpaired) electrons. The summed E-state index contributed by atoms with van der Waals surface area (Å²) in [6.45, 7) is 2.48. The Kier molecular flexibility index (Phi) is 7.22. The zero-order valence-corrected chi connectivity index (χ0v) is 15.9. The third kappa shape index (κ3) is 6.41. The number of nitrogens with one attached hydrogen (secondary N) is 1. The molecule has 0 atom stereocenters. The Balaban J connectivity index is 2.03. The standard InChI is InChI=1S/C18H19ClF3N3O3/c1-3-27-16-14(19)8-11(9-15(16)26-2)10-24-17(23)25-12-4-6-13(7-5-12)28-18(20,21)22/h4-9H,3,10H2,1-2H3,(H3,23,24,25). The predicted molar refractivity (Wildman–Crippen MR) is 101 cm³/mol. The first-order valence-corrected chi connectivity index (χ1v) is 8.51. The molecule has 6 nitrogen and oxygen atoms in total. The zero-order chi connectivity index (χ0) is 20.7. The van der Waals surface area contributed by atoms with Gasteiger partial charge in [-0.2, -0.15) is 0 Å². The summed E-state index contributed by atoms with van der Waals surface area (Å²) < 4.78 is 51.0. The number of rotatable bonds is 7. The Morgan fingerprint density at radius 2 is 1.89 bits per heavy atom. The molecule has 152 valence electrons. The molecule has 0 fully saturated rings. The van der Waals surface area contributed by atoms with E-state index in [1.165, 1.54) is 31.4 Å². The lowest BCUT2D eigenvalue weighted by molar-refractivity contribution is -0.274. The molecule has 0 saturated heterocycles. The number of ether oxygens (including phenoxy) is 3. The van der Waals surface area contributed by atoms with Crippen LogP contribution in [0.4, 0.5) is 18.9 Å². The van der Waals surface area contributed by atoms with Crippen LogP contribution in [0.25, 0.3) is 0 Å². The number of hydrogen-bond donors (Lipinski definition) is 2. The van der Waals surface area contributed by atoms with Gasteiger partial charge in [-0.3, -0.25) is 0 Å². The lowest BCUT2D eigenvalue weighted by Gasteiger charge is -2.13. The fourth-order valence-corrected chi connectivity index (χ4v) is 2.54. The maximum Gasteiger partial charge on any atom is 0.573 e. The van der Waals surface area contributed by atoms with E-state index in [9.17, 15) is 13.2 Å². The van der Waals surface area contributed by atoms with Crippen molar-refractivity contribution >= 4 is 23.2 Å². The van der Waals surface area contributed by atoms with Gasteiger partial charge < -0.3 is 25.3 Å². The lowest BCUT2D eigenvalue weighted by atomic mass is 10.2. The van der Waals surface area contributed by atoms with Crippen LogP contribution >= 0.6 is 11.6 Å². The van der Waals surface area contributed by atoms with Crippen molar-refractivity contribution in [2.24, 2.45) is 10.7 Å². The number of anilines is 1. The zero-order valence-electron chi connectivity index (χ0n) is 15.1. The first kappa shape index (κ1) is 21.5. The molecule has 0 spiro atoms. The van der Waals surface area contributed by atoms with E-state index in [4.69, 9.17) is 26.8 Å². The van der Waals surface area contributed by atoms with Crippen LogP contribution in [0.5, 0.6) is 17.2 Å². The van der Waals surface area contributed by atoms with E-state index >= 15 is 0 Å². The van der Waals surface area contributed by atoms with Crippen LogP contribution in [0.3, 0.4) is 0 Å². The Morgan fingerprint density at radius 3 is 2.46 bits per heavy atom. The van der Waals surface area contributed by atoms with Crippen molar-refractivity contribution in [1.82, 2.24) is 0 Å². The van der Waals surface area contributed by atoms with Gasteiger partial charge in [0.15, 0.2) is 17.5 Å². The monoisotopic (exact) mass is 417 g/mol. The Hall–Kier alpha value is -2.81. The van der Waals surface area contributed by atoms with Crippen molar-refractivity contribution in [1.29, 1.82) is 0 Å². The summed E-state index contributed by atoms with van der Waals surface area (Å²) >= 11 is 6.21. The van der Waals surface area contributed by atoms with Gasteiger partial charge in [-0.1, -0.05) is 11.6 Å². The molecule has 0 bridgehead atoms. The highest BCUT2D eigenvalue weighted by Gasteiger charge is 2.30. The van der Waals surface area contributed by atoms with Crippen LogP contribution in [0.2, 0.25) is 5.02 Å². The van der Waals surface area contributed by atoms with Crippen molar-refractivity contribution in [3.05, 3.63) is 47.0 Å². The molecule has 0 aromatic heterocycles. The topological polar surface area (TPSA) is 78.1 Å². The van der Waals surface area contributed by atoms with Gasteiger partial charge in [0.05, 0.1) is 25.3 Å². The van der Waals surface area contributed by atoms with Crippen molar-refractivity contribution in [2.75, 3.05) is 19.0 Å². The van der Waals surface area contributed by atoms with Crippen LogP contribution < -0.4 is 25.3 Å². The van der Waals surface area contributed by atoms with Crippen LogP contribution in [-0.2, 0) is 6.54 Å². The maximum atomic E-state index is 12.2. The minimum atomic E-state index is -4.74. The lowest BCUT2D eigenvalue weighted by Crippen LogP contribution is -2.22. The molecule has 28 heavy (non-hydrogen) atoms. The number of aliphatic imine (C=N–C) groups is 1. The van der Waals surface area contributed by atoms with Crippen LogP contribution in [-0.4, -0.2) is 26.0 Å². The first-order chi connectivity index (χ1) is 13.2. The quantitative estimate of drug-likeness (QED) is 0.509. The van der Waals surface area contributed by atoms with Crippen molar-refractivity contribution in [3.63, 3.8) is 0 Å². The average Bonchev–Trinajstić information content (AvgIpc) is 2.62. The van der Waals surface area contributed by atoms with Gasteiger partial charge >= 0.3 is 6.36 Å². The molecular formula is C18H19ClF3N3O3. The number of nitrogens with two attached hydrogens (primary N) is 1. The molecule has 2 rings (SSSR count). The second-order valence-corrected chi connectivity index (χ2v) is 5.85. The summed E-state index contributed by atoms with van der Waals surface area (Å²) in [5.41, 5.74) is 7.01. The molecule has 0 saturated carbocycles. The minimum absolute atomic E-state index is 0.0773. The highest BCUT2D eigenvalue weighted by molar-refractivity contribution is 6.32. The summed E-state index contributed by atoms with van der Waals surface area (Å²) in [6.07, 6.45) is -4.74. The number of nitrogens with zero attached hydrogens (tertiary/aromatic N) is 1. The smallest absolute Gasteiger partial charge is 0.493 e. The van der Waals surface area contributed by atoms with Gasteiger partial charge in [0.1, 0.15) is 5.75 Å². The maximum absolute atomic E-state index is 12.2. The van der Waals surface area contributed by atoms with Crippen LogP contribution in [0.15, 0.2) is 41.4 Å². The fourth-order valence-electron chi connectivity index (χ4n) is 2.25. The minimum Gasteiger partial charge on any atom is -0.493 e. The SMILES string of the molecule is CCOc1c(Cl)cc(CN=C(N)Nc2ccc(OC(F)(F)F)cc2)cc1OC. The second kappa shape index (κ2) is 9.41. The van der Waals surface area contributed by atoms with E-state index in [1.54, 1.807) is 12.1 Å². The molecule has 0 aliphatic heterocycles. The Morgan fingerprint density at radius 1 is 1.21 bits per heavy atom. The molecule has 2 aromatic rings. The van der Waals surface area contributed by atoms with E-state index in [0.29, 0.717) is 28.8 Å². The molecule has 0 aliphatic carbocycles. The fraction of sp³-hybridized carbons (Fsp3) is 0.278. The molecule has 0 amide bonds. The normalized spacial score (nSPS) is 11.9. The third-order valence-corrected chi connectivity index (χ3v) is 3.65. The van der Waals surface area contributed by atoms with Crippen molar-refractivity contribution < 1.29 is 27.4 Å². The van der Waals surface area contributed by atoms with Gasteiger partial charge in [-0.15, -0.1) is 13.2 Å². The van der Waals surface area contributed by atoms with E-state index in [2.05, 4.69) is 15.0 Å². The van der Waals surface area contributed by atoms with Crippen LogP contribution in [0, 0.1) is 0 Å². The van der Waals surface area contributed by atoms with Gasteiger partial charge in [-0.25, -0.2) is 4.99 Å². The third-order valence-electron chi connectivity index (χ3n) is 3.37. The van der Waals surface area contributed by atoms with E-state index in [-0.39, 0.29) is 18.3 Å². The predicted octanol–water partition coefficient (Wildman–Crippen LogP) is 4.57. The summed E-state index contributed by atoms with van der Waals surface area (Å²) in [5, 5.41) is 3.17. The van der Waals surface area contributed by atoms with Gasteiger partial charge in [-0.05, 0) is 48.9 Å².